The van der Waals surface area contributed by atoms with Crippen molar-refractivity contribution in [2.24, 2.45) is 0 Å². The Balaban J connectivity index is 1.39. The van der Waals surface area contributed by atoms with Gasteiger partial charge < -0.3 is 15.5 Å². The summed E-state index contributed by atoms with van der Waals surface area (Å²) in [7, 11) is 0. The minimum Gasteiger partial charge on any atom is -0.370 e. The average molecular weight is 330 g/mol. The molecule has 1 aliphatic rings. The van der Waals surface area contributed by atoms with Crippen molar-refractivity contribution in [3.05, 3.63) is 46.8 Å². The summed E-state index contributed by atoms with van der Waals surface area (Å²) >= 11 is 1.69. The van der Waals surface area contributed by atoms with Crippen LogP contribution in [-0.4, -0.2) is 35.5 Å². The second-order valence-corrected chi connectivity index (χ2v) is 6.42. The first-order valence-electron chi connectivity index (χ1n) is 8.06. The molecule has 2 aromatic heterocycles. The molecule has 0 spiro atoms. The number of aromatic nitrogens is 1. The van der Waals surface area contributed by atoms with E-state index in [0.29, 0.717) is 6.54 Å². The van der Waals surface area contributed by atoms with Gasteiger partial charge in [0.2, 0.25) is 0 Å². The van der Waals surface area contributed by atoms with Gasteiger partial charge in [-0.25, -0.2) is 9.78 Å². The van der Waals surface area contributed by atoms with Gasteiger partial charge in [0.15, 0.2) is 0 Å². The second-order valence-electron chi connectivity index (χ2n) is 5.64. The van der Waals surface area contributed by atoms with E-state index in [9.17, 15) is 4.79 Å². The normalized spacial score (nSPS) is 17.2. The average Bonchev–Trinajstić information content (AvgIpc) is 3.26. The number of carbonyl (C=O) groups is 1. The van der Waals surface area contributed by atoms with Crippen LogP contribution >= 0.6 is 11.3 Å². The standard InChI is InChI=1S/C17H22N4OS/c22-17(20-10-4-9-19-16-6-1-2-8-18-16)21-11-3-5-15(21)14-7-12-23-13-14/h1-2,6-8,12-13,15H,3-5,9-11H2,(H,18,19)(H,20,22). The van der Waals surface area contributed by atoms with E-state index < -0.39 is 0 Å². The minimum absolute atomic E-state index is 0.0523. The van der Waals surface area contributed by atoms with Crippen molar-refractivity contribution >= 4 is 23.2 Å². The third-order valence-electron chi connectivity index (χ3n) is 4.04. The fourth-order valence-electron chi connectivity index (χ4n) is 2.89. The number of hydrogen-bond acceptors (Lipinski definition) is 4. The van der Waals surface area contributed by atoms with Crippen molar-refractivity contribution in [2.45, 2.75) is 25.3 Å². The Labute approximate surface area is 140 Å². The summed E-state index contributed by atoms with van der Waals surface area (Å²) < 4.78 is 0. The monoisotopic (exact) mass is 330 g/mol. The molecule has 2 N–H and O–H groups in total. The first kappa shape index (κ1) is 15.8. The van der Waals surface area contributed by atoms with E-state index in [-0.39, 0.29) is 12.1 Å². The highest BCUT2D eigenvalue weighted by Gasteiger charge is 2.29. The van der Waals surface area contributed by atoms with E-state index in [1.165, 1.54) is 5.56 Å². The maximum absolute atomic E-state index is 12.4. The molecule has 2 amide bonds. The first-order chi connectivity index (χ1) is 11.3. The molecule has 0 saturated carbocycles. The maximum atomic E-state index is 12.4. The van der Waals surface area contributed by atoms with Gasteiger partial charge >= 0.3 is 6.03 Å². The largest absolute Gasteiger partial charge is 0.370 e. The molecule has 3 rings (SSSR count). The van der Waals surface area contributed by atoms with Crippen LogP contribution in [0.3, 0.4) is 0 Å². The Morgan fingerprint density at radius 3 is 3.09 bits per heavy atom. The van der Waals surface area contributed by atoms with Gasteiger partial charge in [-0.1, -0.05) is 6.07 Å². The first-order valence-corrected chi connectivity index (χ1v) is 9.00. The van der Waals surface area contributed by atoms with Crippen molar-refractivity contribution in [2.75, 3.05) is 25.0 Å². The molecule has 3 heterocycles. The highest BCUT2D eigenvalue weighted by atomic mass is 32.1. The van der Waals surface area contributed by atoms with Gasteiger partial charge in [0.25, 0.3) is 0 Å². The van der Waals surface area contributed by atoms with Gasteiger partial charge in [-0.15, -0.1) is 0 Å². The summed E-state index contributed by atoms with van der Waals surface area (Å²) in [5.41, 5.74) is 1.26. The molecule has 122 valence electrons. The van der Waals surface area contributed by atoms with Crippen LogP contribution in [0.25, 0.3) is 0 Å². The van der Waals surface area contributed by atoms with Gasteiger partial charge in [-0.3, -0.25) is 0 Å². The molecule has 2 aromatic rings. The van der Waals surface area contributed by atoms with Crippen LogP contribution in [0.15, 0.2) is 41.2 Å². The number of nitrogens with one attached hydrogen (secondary N) is 2. The zero-order valence-corrected chi connectivity index (χ0v) is 13.9. The van der Waals surface area contributed by atoms with Crippen LogP contribution in [0.2, 0.25) is 0 Å². The highest BCUT2D eigenvalue weighted by Crippen LogP contribution is 2.32. The lowest BCUT2D eigenvalue weighted by molar-refractivity contribution is 0.193. The van der Waals surface area contributed by atoms with E-state index in [0.717, 1.165) is 38.2 Å². The quantitative estimate of drug-likeness (QED) is 0.797. The fourth-order valence-corrected chi connectivity index (χ4v) is 3.60. The number of urea groups is 1. The van der Waals surface area contributed by atoms with Crippen LogP contribution in [0.5, 0.6) is 0 Å². The molecule has 5 nitrogen and oxygen atoms in total. The Morgan fingerprint density at radius 1 is 1.35 bits per heavy atom. The highest BCUT2D eigenvalue weighted by molar-refractivity contribution is 7.07. The molecule has 6 heteroatoms. The summed E-state index contributed by atoms with van der Waals surface area (Å²) in [4.78, 5) is 18.5. The lowest BCUT2D eigenvalue weighted by Gasteiger charge is -2.24. The number of likely N-dealkylation sites (tertiary alicyclic amines) is 1. The van der Waals surface area contributed by atoms with Crippen LogP contribution < -0.4 is 10.6 Å². The fraction of sp³-hybridized carbons (Fsp3) is 0.412. The lowest BCUT2D eigenvalue weighted by Crippen LogP contribution is -2.40. The molecule has 0 radical (unpaired) electrons. The summed E-state index contributed by atoms with van der Waals surface area (Å²) in [6, 6.07) is 8.20. The van der Waals surface area contributed by atoms with Crippen molar-refractivity contribution in [1.29, 1.82) is 0 Å². The van der Waals surface area contributed by atoms with E-state index in [1.807, 2.05) is 23.1 Å². The van der Waals surface area contributed by atoms with E-state index in [4.69, 9.17) is 0 Å². The van der Waals surface area contributed by atoms with E-state index >= 15 is 0 Å². The molecule has 1 unspecified atom stereocenters. The predicted octanol–water partition coefficient (Wildman–Crippen LogP) is 3.49. The number of carbonyl (C=O) groups excluding carboxylic acids is 1. The molecule has 1 atom stereocenters. The topological polar surface area (TPSA) is 57.3 Å². The molecule has 0 aromatic carbocycles. The summed E-state index contributed by atoms with van der Waals surface area (Å²) in [6.45, 7) is 2.31. The van der Waals surface area contributed by atoms with Crippen molar-refractivity contribution in [3.8, 4) is 0 Å². The van der Waals surface area contributed by atoms with Gasteiger partial charge in [-0.05, 0) is 53.8 Å². The van der Waals surface area contributed by atoms with Crippen molar-refractivity contribution in [3.63, 3.8) is 0 Å². The number of pyridine rings is 1. The van der Waals surface area contributed by atoms with Crippen LogP contribution in [0, 0.1) is 0 Å². The number of anilines is 1. The van der Waals surface area contributed by atoms with Crippen molar-refractivity contribution < 1.29 is 4.79 Å². The molecule has 0 bridgehead atoms. The third kappa shape index (κ3) is 4.22. The van der Waals surface area contributed by atoms with Crippen LogP contribution in [-0.2, 0) is 0 Å². The Hall–Kier alpha value is -2.08. The van der Waals surface area contributed by atoms with Crippen molar-refractivity contribution in [1.82, 2.24) is 15.2 Å². The predicted molar refractivity (Wildman–Crippen MR) is 93.7 cm³/mol. The zero-order chi connectivity index (χ0) is 15.9. The molecular formula is C17H22N4OS. The maximum Gasteiger partial charge on any atom is 0.317 e. The van der Waals surface area contributed by atoms with Gasteiger partial charge in [0, 0.05) is 25.8 Å². The Bertz CT molecular complexity index is 602. The van der Waals surface area contributed by atoms with E-state index in [2.05, 4.69) is 32.4 Å². The Kier molecular flexibility index (Phi) is 5.47. The number of amides is 2. The zero-order valence-electron chi connectivity index (χ0n) is 13.1. The van der Waals surface area contributed by atoms with E-state index in [1.54, 1.807) is 17.5 Å². The van der Waals surface area contributed by atoms with Gasteiger partial charge in [-0.2, -0.15) is 11.3 Å². The summed E-state index contributed by atoms with van der Waals surface area (Å²) in [5.74, 6) is 0.871. The van der Waals surface area contributed by atoms with Gasteiger partial charge in [0.05, 0.1) is 6.04 Å². The minimum atomic E-state index is 0.0523. The molecule has 23 heavy (non-hydrogen) atoms. The summed E-state index contributed by atoms with van der Waals surface area (Å²) in [5, 5.41) is 10.5. The van der Waals surface area contributed by atoms with Gasteiger partial charge in [0.1, 0.15) is 5.82 Å². The molecule has 1 aliphatic heterocycles. The second kappa shape index (κ2) is 7.97. The van der Waals surface area contributed by atoms with Crippen LogP contribution in [0.1, 0.15) is 30.9 Å². The molecular weight excluding hydrogens is 308 g/mol. The Morgan fingerprint density at radius 2 is 2.30 bits per heavy atom. The number of hydrogen-bond donors (Lipinski definition) is 2. The molecule has 1 saturated heterocycles. The molecule has 1 fully saturated rings. The third-order valence-corrected chi connectivity index (χ3v) is 4.74. The summed E-state index contributed by atoms with van der Waals surface area (Å²) in [6.07, 6.45) is 4.78. The molecule has 0 aliphatic carbocycles. The lowest BCUT2D eigenvalue weighted by atomic mass is 10.1. The SMILES string of the molecule is O=C(NCCCNc1ccccn1)N1CCCC1c1ccsc1. The number of nitrogens with zero attached hydrogens (tertiary/aromatic N) is 2. The number of rotatable bonds is 6. The number of thiophene rings is 1. The van der Waals surface area contributed by atoms with Crippen LogP contribution in [0.4, 0.5) is 10.6 Å². The smallest absolute Gasteiger partial charge is 0.317 e.